The lowest BCUT2D eigenvalue weighted by Crippen LogP contribution is -2.59. The van der Waals surface area contributed by atoms with Crippen LogP contribution in [0.15, 0.2) is 54.7 Å². The zero-order chi connectivity index (χ0) is 49.1. The predicted octanol–water partition coefficient (Wildman–Crippen LogP) is 2.76. The molecule has 3 heterocycles. The van der Waals surface area contributed by atoms with E-state index in [0.717, 1.165) is 28.5 Å². The maximum atomic E-state index is 14.5. The number of nitrogens with one attached hydrogen (secondary N) is 6. The second-order valence-corrected chi connectivity index (χ2v) is 18.6. The lowest BCUT2D eigenvalue weighted by Gasteiger charge is -2.39. The molecule has 3 aliphatic rings. The number of amides is 7. The number of non-ortho nitro benzene ring substituents is 1. The number of primary amides is 1. The highest BCUT2D eigenvalue weighted by Crippen LogP contribution is 2.41. The molecule has 68 heavy (non-hydrogen) atoms. The number of hydrogen-bond acceptors (Lipinski definition) is 10. The Morgan fingerprint density at radius 1 is 0.897 bits per heavy atom. The van der Waals surface area contributed by atoms with Crippen molar-refractivity contribution >= 4 is 63.5 Å². The highest BCUT2D eigenvalue weighted by Gasteiger charge is 2.40. The van der Waals surface area contributed by atoms with Gasteiger partial charge in [-0.1, -0.05) is 50.6 Å². The van der Waals surface area contributed by atoms with Crippen molar-refractivity contribution in [1.29, 1.82) is 0 Å². The van der Waals surface area contributed by atoms with Crippen molar-refractivity contribution in [3.8, 4) is 0 Å². The standard InChI is InChI=1S/C49H66N10O9/c1-29(2)44(56-46(63)33-25-36-35-12-10-14-37-43(35)32(27-53-37)26-41(36)57(4)28-33)48(65)55-39(24-31-17-19-34(20-18-31)59(67)68)49(66)58-23-11-15-40(58)47(64)52-22-8-5-6-16-42(61)51-21-9-7-13-38(45(50)62)54-30(3)60/h10,12,14,17-20,25,27,29,33,38-41,44,53H,5-9,11,13,15-16,21-24,26,28H2,1-4H3,(H2,50,62)(H,51,61)(H,52,64)(H,54,60)(H,55,65)(H,56,63)/t33-,38+,39+,40+,41-,44+/m1/s1. The quantitative estimate of drug-likeness (QED) is 0.0415. The molecule has 19 nitrogen and oxygen atoms in total. The zero-order valence-corrected chi connectivity index (χ0v) is 39.4. The van der Waals surface area contributed by atoms with Gasteiger partial charge in [0.05, 0.1) is 10.8 Å². The number of fused-ring (bicyclic) bond motifs is 2. The molecule has 0 bridgehead atoms. The smallest absolute Gasteiger partial charge is 0.269 e. The summed E-state index contributed by atoms with van der Waals surface area (Å²) in [6, 6.07) is 8.28. The summed E-state index contributed by atoms with van der Waals surface area (Å²) in [6.45, 7) is 6.45. The fraction of sp³-hybridized carbons (Fsp3) is 0.531. The minimum atomic E-state index is -1.15. The van der Waals surface area contributed by atoms with E-state index >= 15 is 0 Å². The first-order valence-electron chi connectivity index (χ1n) is 23.8. The lowest BCUT2D eigenvalue weighted by molar-refractivity contribution is -0.384. The average molecular weight is 939 g/mol. The van der Waals surface area contributed by atoms with Gasteiger partial charge in [0.25, 0.3) is 5.69 Å². The second-order valence-electron chi connectivity index (χ2n) is 18.6. The minimum absolute atomic E-state index is 0.0122. The van der Waals surface area contributed by atoms with E-state index in [1.165, 1.54) is 41.7 Å². The Balaban J connectivity index is 1.03. The fourth-order valence-electron chi connectivity index (χ4n) is 9.60. The van der Waals surface area contributed by atoms with E-state index < -0.39 is 52.7 Å². The third-order valence-corrected chi connectivity index (χ3v) is 13.2. The highest BCUT2D eigenvalue weighted by molar-refractivity contribution is 6.00. The van der Waals surface area contributed by atoms with Gasteiger partial charge >= 0.3 is 0 Å². The van der Waals surface area contributed by atoms with Crippen molar-refractivity contribution < 1.29 is 38.5 Å². The first-order chi connectivity index (χ1) is 32.5. The van der Waals surface area contributed by atoms with Gasteiger partial charge in [0, 0.05) is 81.2 Å². The fourth-order valence-corrected chi connectivity index (χ4v) is 9.60. The molecule has 0 unspecified atom stereocenters. The number of likely N-dealkylation sites (tertiary alicyclic amines) is 1. The number of benzene rings is 2. The molecule has 6 rings (SSSR count). The second kappa shape index (κ2) is 23.4. The molecule has 2 aromatic carbocycles. The van der Waals surface area contributed by atoms with Crippen LogP contribution in [0.3, 0.4) is 0 Å². The molecule has 0 spiro atoms. The van der Waals surface area contributed by atoms with Gasteiger partial charge in [0.1, 0.15) is 24.2 Å². The number of likely N-dealkylation sites (N-methyl/N-ethyl adjacent to an activating group) is 1. The van der Waals surface area contributed by atoms with Gasteiger partial charge in [-0.3, -0.25) is 48.6 Å². The summed E-state index contributed by atoms with van der Waals surface area (Å²) in [6.07, 6.45) is 9.65. The molecule has 1 aliphatic carbocycles. The first-order valence-corrected chi connectivity index (χ1v) is 23.8. The van der Waals surface area contributed by atoms with Crippen molar-refractivity contribution in [3.05, 3.63) is 81.5 Å². The van der Waals surface area contributed by atoms with Crippen molar-refractivity contribution in [2.45, 2.75) is 122 Å². The van der Waals surface area contributed by atoms with E-state index in [1.807, 2.05) is 39.1 Å². The number of nitro benzene ring substituents is 1. The van der Waals surface area contributed by atoms with E-state index in [1.54, 1.807) is 0 Å². The zero-order valence-electron chi connectivity index (χ0n) is 39.4. The maximum absolute atomic E-state index is 14.5. The van der Waals surface area contributed by atoms with Gasteiger partial charge in [-0.05, 0) is 92.7 Å². The third-order valence-electron chi connectivity index (χ3n) is 13.2. The number of aromatic amines is 1. The SMILES string of the molecule is CC(=O)N[C@@H](CCCCNC(=O)CCCCCNC(=O)[C@@H]1CCCN1C(=O)[C@H](Cc1ccc([N+](=O)[O-])cc1)NC(=O)[C@@H](NC(=O)[C@@H]1C=C2c3cccc4[nH]cc(c34)C[C@H]2N(C)C1)C(C)C)C(N)=O. The first kappa shape index (κ1) is 50.8. The Kier molecular flexibility index (Phi) is 17.5. The molecule has 1 fully saturated rings. The van der Waals surface area contributed by atoms with E-state index in [4.69, 9.17) is 5.73 Å². The summed E-state index contributed by atoms with van der Waals surface area (Å²) in [4.78, 5) is 109. The maximum Gasteiger partial charge on any atom is 0.269 e. The molecule has 1 aromatic heterocycles. The number of nitro groups is 1. The van der Waals surface area contributed by atoms with Crippen LogP contribution in [0.25, 0.3) is 16.5 Å². The van der Waals surface area contributed by atoms with Crippen LogP contribution in [0.1, 0.15) is 95.2 Å². The van der Waals surface area contributed by atoms with Crippen LogP contribution >= 0.6 is 0 Å². The summed E-state index contributed by atoms with van der Waals surface area (Å²) in [5.74, 6) is -3.64. The number of aromatic nitrogens is 1. The van der Waals surface area contributed by atoms with Gasteiger partial charge in [0.15, 0.2) is 0 Å². The molecule has 0 radical (unpaired) electrons. The van der Waals surface area contributed by atoms with E-state index in [2.05, 4.69) is 48.7 Å². The molecule has 3 aromatic rings. The van der Waals surface area contributed by atoms with Crippen molar-refractivity contribution in [1.82, 2.24) is 41.4 Å². The van der Waals surface area contributed by atoms with Crippen LogP contribution in [-0.2, 0) is 46.4 Å². The Hall–Kier alpha value is -6.63. The number of carbonyl (C=O) groups excluding carboxylic acids is 7. The Bertz CT molecular complexity index is 2380. The van der Waals surface area contributed by atoms with Gasteiger partial charge in [0.2, 0.25) is 41.4 Å². The van der Waals surface area contributed by atoms with Crippen molar-refractivity contribution in [3.63, 3.8) is 0 Å². The molecule has 8 N–H and O–H groups in total. The summed E-state index contributed by atoms with van der Waals surface area (Å²) in [5.41, 5.74) is 10.2. The Labute approximate surface area is 396 Å². The molecular formula is C49H66N10O9. The van der Waals surface area contributed by atoms with Crippen LogP contribution in [-0.4, -0.2) is 124 Å². The van der Waals surface area contributed by atoms with Crippen LogP contribution < -0.4 is 32.3 Å². The van der Waals surface area contributed by atoms with Gasteiger partial charge < -0.3 is 42.2 Å². The predicted molar refractivity (Wildman–Crippen MR) is 255 cm³/mol. The van der Waals surface area contributed by atoms with Crippen LogP contribution in [0.5, 0.6) is 0 Å². The van der Waals surface area contributed by atoms with Crippen LogP contribution in [0.2, 0.25) is 0 Å². The van der Waals surface area contributed by atoms with Gasteiger partial charge in [-0.2, -0.15) is 0 Å². The van der Waals surface area contributed by atoms with E-state index in [0.29, 0.717) is 83.0 Å². The molecule has 19 heteroatoms. The largest absolute Gasteiger partial charge is 0.368 e. The molecule has 2 aliphatic heterocycles. The number of nitrogens with zero attached hydrogens (tertiary/aromatic N) is 3. The summed E-state index contributed by atoms with van der Waals surface area (Å²) < 4.78 is 0. The topological polar surface area (TPSA) is 271 Å². The van der Waals surface area contributed by atoms with Crippen molar-refractivity contribution in [2.75, 3.05) is 33.2 Å². The minimum Gasteiger partial charge on any atom is -0.368 e. The van der Waals surface area contributed by atoms with Crippen LogP contribution in [0, 0.1) is 22.0 Å². The number of unbranched alkanes of at least 4 members (excludes halogenated alkanes) is 3. The molecule has 6 atom stereocenters. The highest BCUT2D eigenvalue weighted by atomic mass is 16.6. The van der Waals surface area contributed by atoms with Gasteiger partial charge in [-0.25, -0.2) is 0 Å². The van der Waals surface area contributed by atoms with E-state index in [-0.39, 0.29) is 54.2 Å². The molecule has 0 saturated carbocycles. The summed E-state index contributed by atoms with van der Waals surface area (Å²) in [5, 5.41) is 26.8. The number of hydrogen-bond donors (Lipinski definition) is 7. The number of rotatable bonds is 23. The molecule has 7 amide bonds. The number of carbonyl (C=O) groups is 7. The Morgan fingerprint density at radius 3 is 2.34 bits per heavy atom. The van der Waals surface area contributed by atoms with Crippen LogP contribution in [0.4, 0.5) is 5.69 Å². The van der Waals surface area contributed by atoms with Gasteiger partial charge in [-0.15, -0.1) is 0 Å². The Morgan fingerprint density at radius 2 is 1.63 bits per heavy atom. The summed E-state index contributed by atoms with van der Waals surface area (Å²) >= 11 is 0. The lowest BCUT2D eigenvalue weighted by atomic mass is 9.79. The summed E-state index contributed by atoms with van der Waals surface area (Å²) in [7, 11) is 2.00. The van der Waals surface area contributed by atoms with Crippen molar-refractivity contribution in [2.24, 2.45) is 17.6 Å². The third kappa shape index (κ3) is 12.9. The normalized spacial score (nSPS) is 19.0. The number of nitrogens with two attached hydrogens (primary N) is 1. The molecule has 1 saturated heterocycles. The van der Waals surface area contributed by atoms with E-state index in [9.17, 15) is 43.7 Å². The average Bonchev–Trinajstić information content (AvgIpc) is 3.97. The molecule has 366 valence electrons. The molecular weight excluding hydrogens is 873 g/mol. The monoisotopic (exact) mass is 939 g/mol. The number of H-pyrrole nitrogens is 1.